The lowest BCUT2D eigenvalue weighted by molar-refractivity contribution is -0.300. The van der Waals surface area contributed by atoms with Crippen LogP contribution in [-0.2, 0) is 42.9 Å². The molecule has 15 heteroatoms. The first-order valence-corrected chi connectivity index (χ1v) is 17.5. The van der Waals surface area contributed by atoms with Gasteiger partial charge in [-0.3, -0.25) is 24.5 Å². The van der Waals surface area contributed by atoms with Gasteiger partial charge in [-0.25, -0.2) is 4.79 Å². The zero-order valence-electron chi connectivity index (χ0n) is 30.2. The zero-order valence-corrected chi connectivity index (χ0v) is 30.2. The predicted octanol–water partition coefficient (Wildman–Crippen LogP) is 3.66. The monoisotopic (exact) mass is 728 g/mol. The third kappa shape index (κ3) is 14.1. The number of carbonyl (C=O) groups excluding carboxylic acids is 5. The van der Waals surface area contributed by atoms with Gasteiger partial charge in [-0.2, -0.15) is 5.26 Å². The van der Waals surface area contributed by atoms with Gasteiger partial charge < -0.3 is 39.4 Å². The van der Waals surface area contributed by atoms with Crippen LogP contribution in [0.25, 0.3) is 0 Å². The van der Waals surface area contributed by atoms with Crippen molar-refractivity contribution < 1.29 is 52.8 Å². The maximum absolute atomic E-state index is 13.8. The predicted molar refractivity (Wildman–Crippen MR) is 189 cm³/mol. The minimum Gasteiger partial charge on any atom is -0.454 e. The number of amides is 3. The molecule has 0 saturated carbocycles. The Kier molecular flexibility index (Phi) is 19.7. The number of aliphatic hydroxyl groups excluding tert-OH is 1. The first kappa shape index (κ1) is 43.4. The average Bonchev–Trinajstić information content (AvgIpc) is 3.13. The van der Waals surface area contributed by atoms with E-state index in [1.54, 1.807) is 0 Å². The van der Waals surface area contributed by atoms with Gasteiger partial charge in [0, 0.05) is 38.7 Å². The molecule has 0 aliphatic carbocycles. The van der Waals surface area contributed by atoms with E-state index in [1.807, 2.05) is 19.9 Å². The number of esters is 2. The summed E-state index contributed by atoms with van der Waals surface area (Å²) in [6, 6.07) is 7.85. The minimum atomic E-state index is -1.63. The lowest BCUT2D eigenvalue weighted by Crippen LogP contribution is -2.63. The molecule has 2 rings (SSSR count). The molecule has 1 aliphatic rings. The third-order valence-electron chi connectivity index (χ3n) is 8.15. The highest BCUT2D eigenvalue weighted by Crippen LogP contribution is 2.31. The third-order valence-corrected chi connectivity index (χ3v) is 8.15. The normalized spacial score (nSPS) is 20.6. The van der Waals surface area contributed by atoms with Crippen molar-refractivity contribution in [2.45, 2.75) is 95.9 Å². The molecule has 15 nitrogen and oxygen atoms in total. The van der Waals surface area contributed by atoms with E-state index in [9.17, 15) is 29.1 Å². The molecule has 1 saturated heterocycles. The minimum absolute atomic E-state index is 0.0457. The van der Waals surface area contributed by atoms with Gasteiger partial charge in [0.2, 0.25) is 11.8 Å². The van der Waals surface area contributed by atoms with Crippen molar-refractivity contribution in [3.05, 3.63) is 55.1 Å². The molecule has 3 amide bonds. The summed E-state index contributed by atoms with van der Waals surface area (Å²) < 4.78 is 28.8. The Labute approximate surface area is 305 Å². The van der Waals surface area contributed by atoms with E-state index >= 15 is 0 Å². The molecule has 0 spiro atoms. The number of nitriles is 1. The van der Waals surface area contributed by atoms with E-state index in [1.165, 1.54) is 43.5 Å². The number of aliphatic hydroxyl groups is 1. The summed E-state index contributed by atoms with van der Waals surface area (Å²) in [6.45, 7) is 11.4. The number of ether oxygens (including phenoxy) is 5. The first-order valence-electron chi connectivity index (χ1n) is 17.5. The number of rotatable bonds is 22. The van der Waals surface area contributed by atoms with E-state index < -0.39 is 73.1 Å². The number of anilines is 1. The zero-order chi connectivity index (χ0) is 38.5. The summed E-state index contributed by atoms with van der Waals surface area (Å²) in [4.78, 5) is 66.0. The van der Waals surface area contributed by atoms with Crippen molar-refractivity contribution in [2.24, 2.45) is 11.8 Å². The van der Waals surface area contributed by atoms with Crippen LogP contribution >= 0.6 is 0 Å². The molecule has 52 heavy (non-hydrogen) atoms. The van der Waals surface area contributed by atoms with Crippen molar-refractivity contribution in [1.29, 1.82) is 5.26 Å². The number of carbonyl (C=O) groups is 5. The van der Waals surface area contributed by atoms with Gasteiger partial charge in [-0.15, -0.1) is 13.2 Å². The van der Waals surface area contributed by atoms with E-state index in [-0.39, 0.29) is 37.3 Å². The molecule has 0 unspecified atom stereocenters. The average molecular weight is 729 g/mol. The molecule has 286 valence electrons. The summed E-state index contributed by atoms with van der Waals surface area (Å²) in [5.74, 6) is -4.57. The molecule has 1 heterocycles. The first-order chi connectivity index (χ1) is 25.0. The number of hydrogen-bond donors (Lipinski definition) is 4. The van der Waals surface area contributed by atoms with Gasteiger partial charge in [-0.05, 0) is 49.9 Å². The Morgan fingerprint density at radius 3 is 1.83 bits per heavy atom. The van der Waals surface area contributed by atoms with Crippen LogP contribution in [0.15, 0.2) is 49.6 Å². The molecule has 0 aromatic heterocycles. The number of hydrogen-bond acceptors (Lipinski definition) is 12. The second kappa shape index (κ2) is 23.6. The lowest BCUT2D eigenvalue weighted by Gasteiger charge is -2.44. The van der Waals surface area contributed by atoms with Gasteiger partial charge >= 0.3 is 18.0 Å². The molecule has 7 atom stereocenters. The maximum atomic E-state index is 13.8. The Bertz CT molecular complexity index is 1380. The van der Waals surface area contributed by atoms with Crippen LogP contribution in [0, 0.1) is 23.2 Å². The van der Waals surface area contributed by atoms with Crippen molar-refractivity contribution in [1.82, 2.24) is 10.6 Å². The quantitative estimate of drug-likeness (QED) is 0.0583. The summed E-state index contributed by atoms with van der Waals surface area (Å²) in [5.41, 5.74) is 0.612. The van der Waals surface area contributed by atoms with Crippen molar-refractivity contribution in [3.8, 4) is 6.07 Å². The van der Waals surface area contributed by atoms with Crippen LogP contribution in [0.5, 0.6) is 0 Å². The summed E-state index contributed by atoms with van der Waals surface area (Å²) >= 11 is 0. The van der Waals surface area contributed by atoms with E-state index in [4.69, 9.17) is 28.9 Å². The molecule has 1 aromatic rings. The van der Waals surface area contributed by atoms with Crippen LogP contribution in [0.2, 0.25) is 0 Å². The molecule has 0 radical (unpaired) electrons. The smallest absolute Gasteiger partial charge is 0.412 e. The van der Waals surface area contributed by atoms with Crippen LogP contribution in [0.4, 0.5) is 10.5 Å². The Hall–Kier alpha value is -4.78. The number of allylic oxidation sites excluding steroid dienone is 2. The fraction of sp³-hybridized carbons (Fsp3) is 0.568. The van der Waals surface area contributed by atoms with Gasteiger partial charge in [0.25, 0.3) is 0 Å². The summed E-state index contributed by atoms with van der Waals surface area (Å²) in [6.07, 6.45) is -2.85. The van der Waals surface area contributed by atoms with Gasteiger partial charge in [-0.1, -0.05) is 38.8 Å². The lowest BCUT2D eigenvalue weighted by atomic mass is 9.96. The maximum Gasteiger partial charge on any atom is 0.412 e. The van der Waals surface area contributed by atoms with Crippen LogP contribution < -0.4 is 16.0 Å². The molecule has 1 aliphatic heterocycles. The highest BCUT2D eigenvalue weighted by Gasteiger charge is 2.53. The largest absolute Gasteiger partial charge is 0.454 e. The molecular weight excluding hydrogens is 676 g/mol. The Morgan fingerprint density at radius 2 is 1.38 bits per heavy atom. The fourth-order valence-electron chi connectivity index (χ4n) is 5.31. The molecular formula is C37H52N4O11. The van der Waals surface area contributed by atoms with Gasteiger partial charge in [0.1, 0.15) is 6.10 Å². The fourth-order valence-corrected chi connectivity index (χ4v) is 5.31. The number of nitrogens with zero attached hydrogens (tertiary/aromatic N) is 1. The molecule has 1 aromatic carbocycles. The van der Waals surface area contributed by atoms with E-state index in [0.717, 1.165) is 25.7 Å². The molecule has 0 bridgehead atoms. The molecule has 4 N–H and O–H groups in total. The van der Waals surface area contributed by atoms with Crippen molar-refractivity contribution >= 4 is 35.5 Å². The summed E-state index contributed by atoms with van der Waals surface area (Å²) in [7, 11) is 1.24. The number of benzene rings is 1. The number of methoxy groups -OCH3 is 1. The number of unbranched alkanes of at least 4 members (excludes halogenated alkanes) is 2. The van der Waals surface area contributed by atoms with Crippen molar-refractivity contribution in [3.63, 3.8) is 0 Å². The van der Waals surface area contributed by atoms with Gasteiger partial charge in [0.15, 0.2) is 24.6 Å². The second-order valence-electron chi connectivity index (χ2n) is 12.2. The Balaban J connectivity index is 2.48. The van der Waals surface area contributed by atoms with Crippen LogP contribution in [-0.4, -0.2) is 92.5 Å². The van der Waals surface area contributed by atoms with Crippen molar-refractivity contribution in [2.75, 3.05) is 32.1 Å². The van der Waals surface area contributed by atoms with Crippen LogP contribution in [0.1, 0.15) is 70.8 Å². The molecule has 1 fully saturated rings. The topological polar surface area (TPSA) is 212 Å². The second-order valence-corrected chi connectivity index (χ2v) is 12.2. The standard InChI is InChI=1S/C37H52N4O11/c1-6-10-18-39-29(43)20-25(12-8-3)34(45)50-32-31(52-37(47)41-27-16-14-24(22-38)15-17-27)28(23-42)49-36(48-5)33(32)51-35(46)26(13-9-4)21-30(44)40-19-11-7-2/h8-9,14-17,25-26,28,31-33,36,42H,3-4,6-7,10-13,18-21,23H2,1-2,5H3,(H,39,43)(H,40,44)(H,41,47)/t25-,26-,28-,31+,32+,33-,36+/m1/s1. The van der Waals surface area contributed by atoms with Crippen LogP contribution in [0.3, 0.4) is 0 Å². The SMILES string of the molecule is C=CC[C@H](CC(=O)NCCCC)C(=O)O[C@H]1[C@@H](OC(=O)Nc2ccc(C#N)cc2)[C@@H](CO)O[C@H](OC)[C@@H]1OC(=O)[C@H](CC=C)CC(=O)NCCCC. The summed E-state index contributed by atoms with van der Waals surface area (Å²) in [5, 5.41) is 27.4. The highest BCUT2D eigenvalue weighted by molar-refractivity contribution is 5.85. The number of nitrogens with one attached hydrogen (secondary N) is 3. The highest BCUT2D eigenvalue weighted by atomic mass is 16.7. The van der Waals surface area contributed by atoms with E-state index in [2.05, 4.69) is 29.1 Å². The van der Waals surface area contributed by atoms with Gasteiger partial charge in [0.05, 0.1) is 30.1 Å². The van der Waals surface area contributed by atoms with E-state index in [0.29, 0.717) is 18.7 Å². The Morgan fingerprint density at radius 1 is 0.865 bits per heavy atom.